The summed E-state index contributed by atoms with van der Waals surface area (Å²) in [5.74, 6) is -1.76. The number of carboxylic acids is 2. The molecule has 0 atom stereocenters. The maximum atomic E-state index is 11.2. The van der Waals surface area contributed by atoms with E-state index < -0.39 is 11.9 Å². The SMILES string of the molecule is O=C(O)CN(CCN(CC(=O)O)C1=CC=CCC1)C1=CC=CCC1. The highest BCUT2D eigenvalue weighted by Gasteiger charge is 2.18. The molecule has 0 fully saturated rings. The molecule has 0 bridgehead atoms. The molecule has 2 N–H and O–H groups in total. The maximum Gasteiger partial charge on any atom is 0.323 e. The van der Waals surface area contributed by atoms with Crippen LogP contribution in [0.1, 0.15) is 25.7 Å². The van der Waals surface area contributed by atoms with Gasteiger partial charge in [-0.15, -0.1) is 0 Å². The molecule has 0 amide bonds. The average molecular weight is 332 g/mol. The predicted molar refractivity (Wildman–Crippen MR) is 91.3 cm³/mol. The Hall–Kier alpha value is -2.50. The van der Waals surface area contributed by atoms with Crippen molar-refractivity contribution in [3.8, 4) is 0 Å². The summed E-state index contributed by atoms with van der Waals surface area (Å²) in [6, 6.07) is 0. The van der Waals surface area contributed by atoms with Gasteiger partial charge in [0.25, 0.3) is 0 Å². The van der Waals surface area contributed by atoms with Gasteiger partial charge >= 0.3 is 11.9 Å². The van der Waals surface area contributed by atoms with Gasteiger partial charge in [0.15, 0.2) is 0 Å². The van der Waals surface area contributed by atoms with Gasteiger partial charge in [-0.25, -0.2) is 0 Å². The second-order valence-corrected chi connectivity index (χ2v) is 5.88. The summed E-state index contributed by atoms with van der Waals surface area (Å²) in [4.78, 5) is 26.0. The van der Waals surface area contributed by atoms with E-state index in [9.17, 15) is 9.59 Å². The summed E-state index contributed by atoms with van der Waals surface area (Å²) in [6.45, 7) is 0.833. The molecule has 6 heteroatoms. The van der Waals surface area contributed by atoms with Crippen LogP contribution in [-0.2, 0) is 9.59 Å². The number of nitrogens with zero attached hydrogens (tertiary/aromatic N) is 2. The van der Waals surface area contributed by atoms with E-state index >= 15 is 0 Å². The molecule has 130 valence electrons. The second-order valence-electron chi connectivity index (χ2n) is 5.88. The van der Waals surface area contributed by atoms with Crippen LogP contribution in [0.25, 0.3) is 0 Å². The molecule has 0 aromatic carbocycles. The first-order valence-electron chi connectivity index (χ1n) is 8.21. The minimum atomic E-state index is -0.880. The highest BCUT2D eigenvalue weighted by Crippen LogP contribution is 2.19. The Kier molecular flexibility index (Phi) is 6.66. The Balaban J connectivity index is 2.05. The highest BCUT2D eigenvalue weighted by molar-refractivity contribution is 5.70. The van der Waals surface area contributed by atoms with E-state index in [2.05, 4.69) is 12.2 Å². The van der Waals surface area contributed by atoms with Gasteiger partial charge in [0, 0.05) is 24.5 Å². The lowest BCUT2D eigenvalue weighted by Gasteiger charge is -2.32. The quantitative estimate of drug-likeness (QED) is 0.674. The third kappa shape index (κ3) is 5.61. The maximum absolute atomic E-state index is 11.2. The van der Waals surface area contributed by atoms with Crippen LogP contribution in [0.4, 0.5) is 0 Å². The van der Waals surface area contributed by atoms with Gasteiger partial charge < -0.3 is 20.0 Å². The van der Waals surface area contributed by atoms with E-state index in [4.69, 9.17) is 10.2 Å². The standard InChI is InChI=1S/C18H24N2O4/c21-17(22)13-19(15-7-3-1-4-8-15)11-12-20(14-18(23)24)16-9-5-2-6-10-16/h1-3,5,7,9H,4,6,8,10-14H2,(H,21,22)(H,23,24). The van der Waals surface area contributed by atoms with E-state index in [0.29, 0.717) is 13.1 Å². The number of rotatable bonds is 9. The van der Waals surface area contributed by atoms with Crippen molar-refractivity contribution in [3.05, 3.63) is 47.9 Å². The fourth-order valence-corrected chi connectivity index (χ4v) is 2.92. The van der Waals surface area contributed by atoms with Gasteiger partial charge in [-0.05, 0) is 37.8 Å². The van der Waals surface area contributed by atoms with Crippen molar-refractivity contribution in [2.45, 2.75) is 25.7 Å². The lowest BCUT2D eigenvalue weighted by molar-refractivity contribution is -0.139. The molecule has 2 aliphatic rings. The van der Waals surface area contributed by atoms with E-state index in [1.165, 1.54) is 0 Å². The van der Waals surface area contributed by atoms with Gasteiger partial charge in [-0.2, -0.15) is 0 Å². The molecule has 24 heavy (non-hydrogen) atoms. The van der Waals surface area contributed by atoms with Crippen molar-refractivity contribution >= 4 is 11.9 Å². The molecule has 6 nitrogen and oxygen atoms in total. The summed E-state index contributed by atoms with van der Waals surface area (Å²) < 4.78 is 0. The zero-order chi connectivity index (χ0) is 17.4. The first-order chi connectivity index (χ1) is 11.6. The zero-order valence-electron chi connectivity index (χ0n) is 13.7. The van der Waals surface area contributed by atoms with E-state index in [1.54, 1.807) is 0 Å². The largest absolute Gasteiger partial charge is 0.480 e. The van der Waals surface area contributed by atoms with Crippen LogP contribution in [0.5, 0.6) is 0 Å². The Morgan fingerprint density at radius 1 is 0.833 bits per heavy atom. The Labute approximate surface area is 142 Å². The fourth-order valence-electron chi connectivity index (χ4n) is 2.92. The van der Waals surface area contributed by atoms with E-state index in [0.717, 1.165) is 37.1 Å². The number of hydrogen-bond acceptors (Lipinski definition) is 4. The number of hydrogen-bond donors (Lipinski definition) is 2. The van der Waals surface area contributed by atoms with Crippen LogP contribution in [-0.4, -0.2) is 58.1 Å². The molecule has 0 aromatic rings. The van der Waals surface area contributed by atoms with Crippen molar-refractivity contribution in [1.82, 2.24) is 9.80 Å². The summed E-state index contributed by atoms with van der Waals surface area (Å²) in [6.07, 6.45) is 15.3. The highest BCUT2D eigenvalue weighted by atomic mass is 16.4. The molecule has 2 rings (SSSR count). The van der Waals surface area contributed by atoms with Crippen LogP contribution in [0.3, 0.4) is 0 Å². The van der Waals surface area contributed by atoms with Gasteiger partial charge in [-0.1, -0.05) is 24.3 Å². The molecule has 0 saturated carbocycles. The summed E-state index contributed by atoms with van der Waals surface area (Å²) in [7, 11) is 0. The fraction of sp³-hybridized carbons (Fsp3) is 0.444. The molecule has 0 heterocycles. The molecule has 0 spiro atoms. The minimum Gasteiger partial charge on any atom is -0.480 e. The predicted octanol–water partition coefficient (Wildman–Crippen LogP) is 2.23. The van der Waals surface area contributed by atoms with Crippen LogP contribution >= 0.6 is 0 Å². The third-order valence-corrected chi connectivity index (χ3v) is 4.09. The minimum absolute atomic E-state index is 0.0699. The molecule has 2 aliphatic carbocycles. The van der Waals surface area contributed by atoms with Crippen LogP contribution in [0.15, 0.2) is 47.9 Å². The summed E-state index contributed by atoms with van der Waals surface area (Å²) >= 11 is 0. The Bertz CT molecular complexity index is 538. The lowest BCUT2D eigenvalue weighted by atomic mass is 10.1. The lowest BCUT2D eigenvalue weighted by Crippen LogP contribution is -2.39. The van der Waals surface area contributed by atoms with Crippen molar-refractivity contribution in [3.63, 3.8) is 0 Å². The first kappa shape index (κ1) is 17.8. The van der Waals surface area contributed by atoms with Crippen molar-refractivity contribution in [2.24, 2.45) is 0 Å². The second kappa shape index (κ2) is 8.96. The molecule has 0 aliphatic heterocycles. The number of aliphatic carboxylic acids is 2. The zero-order valence-corrected chi connectivity index (χ0v) is 13.7. The third-order valence-electron chi connectivity index (χ3n) is 4.09. The molecule has 0 aromatic heterocycles. The van der Waals surface area contributed by atoms with E-state index in [-0.39, 0.29) is 13.1 Å². The van der Waals surface area contributed by atoms with Crippen LogP contribution < -0.4 is 0 Å². The smallest absolute Gasteiger partial charge is 0.323 e. The molecular weight excluding hydrogens is 308 g/mol. The summed E-state index contributed by atoms with van der Waals surface area (Å²) in [5.41, 5.74) is 1.99. The van der Waals surface area contributed by atoms with Crippen molar-refractivity contribution in [1.29, 1.82) is 0 Å². The van der Waals surface area contributed by atoms with Gasteiger partial charge in [0.2, 0.25) is 0 Å². The Morgan fingerprint density at radius 3 is 1.54 bits per heavy atom. The first-order valence-corrected chi connectivity index (χ1v) is 8.21. The topological polar surface area (TPSA) is 81.1 Å². The monoisotopic (exact) mass is 332 g/mol. The van der Waals surface area contributed by atoms with Crippen molar-refractivity contribution in [2.75, 3.05) is 26.2 Å². The molecular formula is C18H24N2O4. The number of carboxylic acid groups (broad SMARTS) is 2. The van der Waals surface area contributed by atoms with Crippen molar-refractivity contribution < 1.29 is 19.8 Å². The Morgan fingerprint density at radius 2 is 1.25 bits per heavy atom. The number of allylic oxidation sites excluding steroid dienone is 8. The van der Waals surface area contributed by atoms with Gasteiger partial charge in [-0.3, -0.25) is 9.59 Å². The molecule has 0 unspecified atom stereocenters. The average Bonchev–Trinajstić information content (AvgIpc) is 2.58. The van der Waals surface area contributed by atoms with Gasteiger partial charge in [0.05, 0.1) is 0 Å². The van der Waals surface area contributed by atoms with E-state index in [1.807, 2.05) is 34.1 Å². The summed E-state index contributed by atoms with van der Waals surface area (Å²) in [5, 5.41) is 18.3. The normalized spacial score (nSPS) is 16.3. The van der Waals surface area contributed by atoms with Crippen LogP contribution in [0.2, 0.25) is 0 Å². The van der Waals surface area contributed by atoms with Crippen LogP contribution in [0, 0.1) is 0 Å². The number of carbonyl (C=O) groups is 2. The molecule has 0 saturated heterocycles. The molecule has 0 radical (unpaired) electrons. The van der Waals surface area contributed by atoms with Gasteiger partial charge in [0.1, 0.15) is 13.1 Å².